The molecule has 0 radical (unpaired) electrons. The summed E-state index contributed by atoms with van der Waals surface area (Å²) < 4.78 is 14.5. The standard InChI is InChI=1S/C6H11FINO2/c1-4(3-7)2-5(9-8)6(10)11/h4-5,9H,2-3H2,1H3,(H,10,11)/t4-,5?/m0/s1. The van der Waals surface area contributed by atoms with Crippen LogP contribution in [0.15, 0.2) is 0 Å². The highest BCUT2D eigenvalue weighted by Gasteiger charge is 2.18. The monoisotopic (exact) mass is 275 g/mol. The van der Waals surface area contributed by atoms with Gasteiger partial charge >= 0.3 is 5.97 Å². The molecule has 0 aromatic heterocycles. The lowest BCUT2D eigenvalue weighted by Gasteiger charge is -2.12. The summed E-state index contributed by atoms with van der Waals surface area (Å²) in [5.74, 6) is -1.13. The zero-order valence-corrected chi connectivity index (χ0v) is 8.34. The van der Waals surface area contributed by atoms with Crippen LogP contribution in [-0.4, -0.2) is 23.8 Å². The predicted molar refractivity (Wildman–Crippen MR) is 48.3 cm³/mol. The summed E-state index contributed by atoms with van der Waals surface area (Å²) in [4.78, 5) is 10.4. The van der Waals surface area contributed by atoms with Gasteiger partial charge in [-0.05, 0) is 12.3 Å². The number of hydrogen-bond donors (Lipinski definition) is 2. The summed E-state index contributed by atoms with van der Waals surface area (Å²) in [5.41, 5.74) is 0. The van der Waals surface area contributed by atoms with Crippen LogP contribution in [0.5, 0.6) is 0 Å². The fraction of sp³-hybridized carbons (Fsp3) is 0.833. The van der Waals surface area contributed by atoms with E-state index >= 15 is 0 Å². The summed E-state index contributed by atoms with van der Waals surface area (Å²) in [7, 11) is 0. The molecule has 0 rings (SSSR count). The van der Waals surface area contributed by atoms with Crippen LogP contribution >= 0.6 is 22.9 Å². The first-order valence-corrected chi connectivity index (χ1v) is 4.34. The molecular weight excluding hydrogens is 264 g/mol. The number of carbonyl (C=O) groups is 1. The van der Waals surface area contributed by atoms with Gasteiger partial charge in [-0.3, -0.25) is 9.18 Å². The molecular formula is C6H11FINO2. The van der Waals surface area contributed by atoms with E-state index in [1.807, 2.05) is 0 Å². The van der Waals surface area contributed by atoms with Crippen molar-refractivity contribution in [3.8, 4) is 0 Å². The van der Waals surface area contributed by atoms with E-state index in [2.05, 4.69) is 3.53 Å². The molecule has 5 heteroatoms. The van der Waals surface area contributed by atoms with Crippen LogP contribution < -0.4 is 3.53 Å². The SMILES string of the molecule is C[C@H](CF)CC(NI)C(=O)O. The van der Waals surface area contributed by atoms with E-state index in [4.69, 9.17) is 5.11 Å². The molecule has 1 unspecified atom stereocenters. The van der Waals surface area contributed by atoms with E-state index in [1.54, 1.807) is 29.8 Å². The molecule has 2 atom stereocenters. The van der Waals surface area contributed by atoms with Crippen LogP contribution in [-0.2, 0) is 4.79 Å². The topological polar surface area (TPSA) is 49.3 Å². The molecule has 0 aliphatic heterocycles. The molecule has 0 fully saturated rings. The minimum atomic E-state index is -0.931. The average Bonchev–Trinajstić information content (AvgIpc) is 1.99. The van der Waals surface area contributed by atoms with Crippen molar-refractivity contribution in [3.05, 3.63) is 0 Å². The second-order valence-corrected chi connectivity index (χ2v) is 3.12. The average molecular weight is 275 g/mol. The van der Waals surface area contributed by atoms with Crippen molar-refractivity contribution in [1.82, 2.24) is 3.53 Å². The van der Waals surface area contributed by atoms with E-state index in [9.17, 15) is 9.18 Å². The van der Waals surface area contributed by atoms with Gasteiger partial charge < -0.3 is 5.11 Å². The summed E-state index contributed by atoms with van der Waals surface area (Å²) in [5, 5.41) is 8.53. The molecule has 0 heterocycles. The smallest absolute Gasteiger partial charge is 0.321 e. The molecule has 0 amide bonds. The van der Waals surface area contributed by atoms with Gasteiger partial charge in [0, 0.05) is 22.9 Å². The number of alkyl halides is 1. The summed E-state index contributed by atoms with van der Waals surface area (Å²) in [6, 6.07) is -0.638. The Bertz CT molecular complexity index is 134. The molecule has 0 aliphatic carbocycles. The lowest BCUT2D eigenvalue weighted by molar-refractivity contribution is -0.139. The fourth-order valence-electron chi connectivity index (χ4n) is 0.657. The number of aliphatic carboxylic acids is 1. The van der Waals surface area contributed by atoms with Crippen molar-refractivity contribution in [2.75, 3.05) is 6.67 Å². The minimum Gasteiger partial charge on any atom is -0.480 e. The molecule has 0 saturated heterocycles. The third-order valence-corrected chi connectivity index (χ3v) is 2.08. The molecule has 11 heavy (non-hydrogen) atoms. The zero-order valence-electron chi connectivity index (χ0n) is 6.18. The lowest BCUT2D eigenvalue weighted by Crippen LogP contribution is -2.32. The Hall–Kier alpha value is 0.0900. The molecule has 66 valence electrons. The van der Waals surface area contributed by atoms with E-state index in [0.29, 0.717) is 6.42 Å². The van der Waals surface area contributed by atoms with Crippen LogP contribution in [0.4, 0.5) is 4.39 Å². The Kier molecular flexibility index (Phi) is 5.75. The van der Waals surface area contributed by atoms with Crippen LogP contribution in [0.25, 0.3) is 0 Å². The first-order chi connectivity index (χ1) is 5.11. The van der Waals surface area contributed by atoms with Gasteiger partial charge in [-0.1, -0.05) is 6.92 Å². The van der Waals surface area contributed by atoms with Crippen LogP contribution in [0.1, 0.15) is 13.3 Å². The number of hydrogen-bond acceptors (Lipinski definition) is 2. The second kappa shape index (κ2) is 5.70. The van der Waals surface area contributed by atoms with Gasteiger partial charge in [0.25, 0.3) is 0 Å². The second-order valence-electron chi connectivity index (χ2n) is 2.50. The van der Waals surface area contributed by atoms with Crippen LogP contribution in [0.3, 0.4) is 0 Å². The lowest BCUT2D eigenvalue weighted by atomic mass is 10.0. The molecule has 0 aromatic carbocycles. The molecule has 0 aromatic rings. The van der Waals surface area contributed by atoms with E-state index < -0.39 is 18.7 Å². The van der Waals surface area contributed by atoms with Crippen molar-refractivity contribution in [1.29, 1.82) is 0 Å². The number of carboxylic acids is 1. The van der Waals surface area contributed by atoms with Gasteiger partial charge in [0.05, 0.1) is 6.67 Å². The normalized spacial score (nSPS) is 15.9. The molecule has 2 N–H and O–H groups in total. The van der Waals surface area contributed by atoms with Crippen molar-refractivity contribution in [2.24, 2.45) is 5.92 Å². The zero-order chi connectivity index (χ0) is 8.85. The molecule has 3 nitrogen and oxygen atoms in total. The van der Waals surface area contributed by atoms with E-state index in [1.165, 1.54) is 0 Å². The van der Waals surface area contributed by atoms with Crippen molar-refractivity contribution >= 4 is 28.8 Å². The Labute approximate surface area is 78.9 Å². The maximum Gasteiger partial charge on any atom is 0.321 e. The van der Waals surface area contributed by atoms with Crippen LogP contribution in [0, 0.1) is 5.92 Å². The van der Waals surface area contributed by atoms with Gasteiger partial charge in [0.15, 0.2) is 0 Å². The van der Waals surface area contributed by atoms with E-state index in [0.717, 1.165) is 0 Å². The van der Waals surface area contributed by atoms with Crippen molar-refractivity contribution in [3.63, 3.8) is 0 Å². The summed E-state index contributed by atoms with van der Waals surface area (Å²) in [6.45, 7) is 1.21. The number of nitrogens with one attached hydrogen (secondary N) is 1. The predicted octanol–water partition coefficient (Wildman–Crippen LogP) is 1.37. The van der Waals surface area contributed by atoms with Gasteiger partial charge in [0.2, 0.25) is 0 Å². The quantitative estimate of drug-likeness (QED) is 0.588. The Morgan fingerprint density at radius 2 is 2.36 bits per heavy atom. The number of carboxylic acid groups (broad SMARTS) is 1. The highest BCUT2D eigenvalue weighted by atomic mass is 127. The fourth-order valence-corrected chi connectivity index (χ4v) is 1.18. The highest BCUT2D eigenvalue weighted by molar-refractivity contribution is 14.1. The first-order valence-electron chi connectivity index (χ1n) is 3.26. The van der Waals surface area contributed by atoms with Gasteiger partial charge in [0.1, 0.15) is 6.04 Å². The third kappa shape index (κ3) is 4.52. The molecule has 0 spiro atoms. The van der Waals surface area contributed by atoms with Gasteiger partial charge in [-0.2, -0.15) is 0 Å². The Morgan fingerprint density at radius 3 is 2.64 bits per heavy atom. The maximum atomic E-state index is 11.9. The highest BCUT2D eigenvalue weighted by Crippen LogP contribution is 2.07. The van der Waals surface area contributed by atoms with Crippen molar-refractivity contribution < 1.29 is 14.3 Å². The maximum absolute atomic E-state index is 11.9. The Morgan fingerprint density at radius 1 is 1.82 bits per heavy atom. The molecule has 0 bridgehead atoms. The number of rotatable bonds is 5. The minimum absolute atomic E-state index is 0.196. The first kappa shape index (κ1) is 11.1. The summed E-state index contributed by atoms with van der Waals surface area (Å²) >= 11 is 1.76. The number of halogens is 2. The van der Waals surface area contributed by atoms with Crippen LogP contribution in [0.2, 0.25) is 0 Å². The van der Waals surface area contributed by atoms with Gasteiger partial charge in [-0.25, -0.2) is 3.53 Å². The Balaban J connectivity index is 3.77. The third-order valence-electron chi connectivity index (χ3n) is 1.33. The van der Waals surface area contributed by atoms with Gasteiger partial charge in [-0.15, -0.1) is 0 Å². The van der Waals surface area contributed by atoms with E-state index in [-0.39, 0.29) is 5.92 Å². The van der Waals surface area contributed by atoms with Crippen molar-refractivity contribution in [2.45, 2.75) is 19.4 Å². The molecule has 0 aliphatic rings. The largest absolute Gasteiger partial charge is 0.480 e. The molecule has 0 saturated carbocycles. The summed E-state index contributed by atoms with van der Waals surface area (Å²) in [6.07, 6.45) is 0.328.